The van der Waals surface area contributed by atoms with Gasteiger partial charge in [-0.15, -0.1) is 0 Å². The third-order valence-corrected chi connectivity index (χ3v) is 3.91. The standard InChI is InChI=1S/C17H18NO2.K/c1-17(2,3)12-9-11-10-7-5-6-8-13(10)18(4)14(11)16(20)15(12)19;/h5-9,20H,1-4H3;/q;+1/p-1. The largest absolute Gasteiger partial charge is 1.00 e. The number of para-hydroxylation sites is 1. The maximum Gasteiger partial charge on any atom is 1.00 e. The summed E-state index contributed by atoms with van der Waals surface area (Å²) < 4.78 is 0. The Morgan fingerprint density at radius 1 is 1.14 bits per heavy atom. The molecule has 0 saturated carbocycles. The Hall–Kier alpha value is -0.394. The van der Waals surface area contributed by atoms with Gasteiger partial charge in [0.25, 0.3) is 0 Å². The predicted octanol–water partition coefficient (Wildman–Crippen LogP) is -0.810. The second-order valence-electron chi connectivity index (χ2n) is 6.30. The van der Waals surface area contributed by atoms with Crippen molar-refractivity contribution in [2.45, 2.75) is 20.8 Å². The van der Waals surface area contributed by atoms with Crippen molar-refractivity contribution in [2.75, 3.05) is 11.9 Å². The number of Topliss-reactive ketones (excluding diaryl/α,β-unsaturated/α-hetero) is 1. The van der Waals surface area contributed by atoms with Crippen molar-refractivity contribution >= 4 is 11.5 Å². The first kappa shape index (κ1) is 17.0. The van der Waals surface area contributed by atoms with Crippen LogP contribution < -0.4 is 61.4 Å². The van der Waals surface area contributed by atoms with Gasteiger partial charge in [-0.25, -0.2) is 0 Å². The Labute approximate surface area is 168 Å². The zero-order valence-corrected chi connectivity index (χ0v) is 16.3. The van der Waals surface area contributed by atoms with Gasteiger partial charge in [0, 0.05) is 24.0 Å². The monoisotopic (exact) mass is 306 g/mol. The molecule has 0 saturated heterocycles. The van der Waals surface area contributed by atoms with Gasteiger partial charge in [-0.05, 0) is 22.8 Å². The molecule has 0 amide bonds. The molecule has 103 valence electrons. The summed E-state index contributed by atoms with van der Waals surface area (Å²) >= 11 is 0. The molecule has 1 aromatic rings. The fraction of sp³-hybridized carbons (Fsp3) is 0.294. The van der Waals surface area contributed by atoms with Crippen molar-refractivity contribution in [1.29, 1.82) is 0 Å². The maximum absolute atomic E-state index is 12.5. The van der Waals surface area contributed by atoms with Crippen molar-refractivity contribution in [1.82, 2.24) is 0 Å². The molecule has 0 N–H and O–H groups in total. The van der Waals surface area contributed by atoms with Crippen molar-refractivity contribution in [3.05, 3.63) is 58.9 Å². The van der Waals surface area contributed by atoms with E-state index < -0.39 is 5.76 Å². The summed E-state index contributed by atoms with van der Waals surface area (Å²) in [6.45, 7) is 5.88. The van der Waals surface area contributed by atoms with Gasteiger partial charge in [-0.2, -0.15) is 0 Å². The van der Waals surface area contributed by atoms with Crippen molar-refractivity contribution in [2.24, 2.45) is 5.41 Å². The van der Waals surface area contributed by atoms with Gasteiger partial charge in [0.1, 0.15) is 0 Å². The van der Waals surface area contributed by atoms with Crippen LogP contribution in [0.15, 0.2) is 47.4 Å². The number of carbonyl (C=O) groups excluding carboxylic acids is 1. The van der Waals surface area contributed by atoms with Crippen LogP contribution in [0, 0.1) is 11.3 Å². The number of benzene rings is 1. The second-order valence-corrected chi connectivity index (χ2v) is 6.30. The van der Waals surface area contributed by atoms with Gasteiger partial charge in [0.15, 0.2) is 5.78 Å². The Kier molecular flexibility index (Phi) is 4.58. The molecule has 0 aromatic heterocycles. The van der Waals surface area contributed by atoms with E-state index in [0.717, 1.165) is 17.2 Å². The number of allylic oxidation sites excluding steroid dienone is 2. The summed E-state index contributed by atoms with van der Waals surface area (Å²) in [5, 5.41) is 12.5. The molecule has 21 heavy (non-hydrogen) atoms. The summed E-state index contributed by atoms with van der Waals surface area (Å²) in [6.07, 6.45) is 1.89. The van der Waals surface area contributed by atoms with Crippen molar-refractivity contribution < 1.29 is 61.3 Å². The van der Waals surface area contributed by atoms with Crippen LogP contribution in [0.2, 0.25) is 0 Å². The summed E-state index contributed by atoms with van der Waals surface area (Å²) in [6, 6.07) is 7.85. The molecule has 1 radical (unpaired) electrons. The number of anilines is 1. The zero-order valence-electron chi connectivity index (χ0n) is 13.2. The number of hydrogen-bond acceptors (Lipinski definition) is 3. The van der Waals surface area contributed by atoms with Crippen molar-refractivity contribution in [3.8, 4) is 0 Å². The van der Waals surface area contributed by atoms with Crippen LogP contribution in [0.5, 0.6) is 0 Å². The molecular weight excluding hydrogens is 289 g/mol. The van der Waals surface area contributed by atoms with Gasteiger partial charge >= 0.3 is 51.4 Å². The van der Waals surface area contributed by atoms with E-state index in [-0.39, 0.29) is 62.6 Å². The normalized spacial score (nSPS) is 18.2. The molecule has 0 bridgehead atoms. The van der Waals surface area contributed by atoms with E-state index in [0.29, 0.717) is 11.3 Å². The molecule has 1 aliphatic heterocycles. The Morgan fingerprint density at radius 3 is 2.38 bits per heavy atom. The molecule has 1 heterocycles. The average molecular weight is 306 g/mol. The number of fused-ring (bicyclic) bond motifs is 3. The first-order valence-corrected chi connectivity index (χ1v) is 6.71. The van der Waals surface area contributed by atoms with E-state index in [1.165, 1.54) is 0 Å². The fourth-order valence-corrected chi connectivity index (χ4v) is 2.84. The molecule has 3 nitrogen and oxygen atoms in total. The summed E-state index contributed by atoms with van der Waals surface area (Å²) in [5.41, 5.74) is 2.76. The Morgan fingerprint density at radius 2 is 1.76 bits per heavy atom. The van der Waals surface area contributed by atoms with Gasteiger partial charge in [0.05, 0.1) is 5.92 Å². The molecule has 2 aliphatic rings. The first-order valence-electron chi connectivity index (χ1n) is 6.71. The number of rotatable bonds is 0. The molecule has 1 aromatic carbocycles. The molecular formula is C17H17KNO2. The van der Waals surface area contributed by atoms with Crippen LogP contribution in [0.4, 0.5) is 5.69 Å². The van der Waals surface area contributed by atoms with Crippen molar-refractivity contribution in [3.63, 3.8) is 0 Å². The average Bonchev–Trinajstić information content (AvgIpc) is 2.67. The summed E-state index contributed by atoms with van der Waals surface area (Å²) in [7, 11) is 1.84. The molecule has 0 atom stereocenters. The smallest absolute Gasteiger partial charge is 0.869 e. The van der Waals surface area contributed by atoms with Crippen LogP contribution in [-0.2, 0) is 4.79 Å². The Bertz CT molecular complexity index is 668. The van der Waals surface area contributed by atoms with Gasteiger partial charge in [-0.1, -0.05) is 45.0 Å². The second kappa shape index (κ2) is 5.67. The van der Waals surface area contributed by atoms with Crippen LogP contribution in [0.25, 0.3) is 0 Å². The maximum atomic E-state index is 12.5. The number of nitrogens with zero attached hydrogens (tertiary/aromatic N) is 1. The topological polar surface area (TPSA) is 43.4 Å². The van der Waals surface area contributed by atoms with Gasteiger partial charge in [0.2, 0.25) is 0 Å². The van der Waals surface area contributed by atoms with Gasteiger partial charge in [-0.3, -0.25) is 4.79 Å². The van der Waals surface area contributed by atoms with E-state index in [2.05, 4.69) is 0 Å². The minimum atomic E-state index is -0.397. The fourth-order valence-electron chi connectivity index (χ4n) is 2.84. The quantitative estimate of drug-likeness (QED) is 0.589. The SMILES string of the molecule is CN1C2=C([O-])C(=O)C(C(C)(C)C)=C[C]2c2ccccc21.[K+]. The molecule has 0 unspecified atom stereocenters. The minimum absolute atomic E-state index is 0. The molecule has 4 heteroatoms. The zero-order chi connectivity index (χ0) is 14.7. The third-order valence-electron chi connectivity index (χ3n) is 3.91. The minimum Gasteiger partial charge on any atom is -0.869 e. The summed E-state index contributed by atoms with van der Waals surface area (Å²) in [5.74, 6) is 0.0969. The van der Waals surface area contributed by atoms with Crippen LogP contribution in [0.1, 0.15) is 26.3 Å². The number of ketones is 1. The third kappa shape index (κ3) is 2.57. The van der Waals surface area contributed by atoms with Crippen LogP contribution >= 0.6 is 0 Å². The van der Waals surface area contributed by atoms with E-state index in [1.54, 1.807) is 0 Å². The predicted molar refractivity (Wildman–Crippen MR) is 76.8 cm³/mol. The molecule has 0 fully saturated rings. The molecule has 1 aliphatic carbocycles. The van der Waals surface area contributed by atoms with E-state index in [9.17, 15) is 9.90 Å². The number of hydrogen-bond donors (Lipinski definition) is 0. The van der Waals surface area contributed by atoms with E-state index in [1.807, 2.05) is 63.1 Å². The summed E-state index contributed by atoms with van der Waals surface area (Å²) in [4.78, 5) is 14.2. The molecule has 3 rings (SSSR count). The Balaban J connectivity index is 0.00000161. The van der Waals surface area contributed by atoms with E-state index in [4.69, 9.17) is 0 Å². The van der Waals surface area contributed by atoms with E-state index >= 15 is 0 Å². The molecule has 0 spiro atoms. The number of carbonyl (C=O) groups is 1. The first-order chi connectivity index (χ1) is 9.32. The van der Waals surface area contributed by atoms with Gasteiger partial charge < -0.3 is 10.0 Å². The number of likely N-dealkylation sites (N-methyl/N-ethyl adjacent to an activating group) is 1. The van der Waals surface area contributed by atoms with Crippen LogP contribution in [0.3, 0.4) is 0 Å². The van der Waals surface area contributed by atoms with Crippen LogP contribution in [-0.4, -0.2) is 12.8 Å².